The number of carboxylic acid groups (broad SMARTS) is 2. The van der Waals surface area contributed by atoms with Gasteiger partial charge in [0.25, 0.3) is 0 Å². The fourth-order valence-electron chi connectivity index (χ4n) is 9.09. The average Bonchev–Trinajstić information content (AvgIpc) is 3.17. The lowest BCUT2D eigenvalue weighted by Gasteiger charge is -2.39. The Bertz CT molecular complexity index is 1220. The van der Waals surface area contributed by atoms with Crippen molar-refractivity contribution >= 4 is 23.8 Å². The van der Waals surface area contributed by atoms with Crippen molar-refractivity contribution in [1.82, 2.24) is 10.6 Å². The molecule has 1 aliphatic carbocycles. The van der Waals surface area contributed by atoms with Crippen LogP contribution >= 0.6 is 0 Å². The van der Waals surface area contributed by atoms with E-state index in [0.717, 1.165) is 63.7 Å². The molecule has 0 aromatic rings. The Labute approximate surface area is 368 Å². The van der Waals surface area contributed by atoms with Gasteiger partial charge in [0.1, 0.15) is 13.1 Å². The molecule has 0 bridgehead atoms. The summed E-state index contributed by atoms with van der Waals surface area (Å²) >= 11 is 0. The van der Waals surface area contributed by atoms with Gasteiger partial charge >= 0.3 is 0 Å². The Morgan fingerprint density at radius 1 is 0.533 bits per heavy atom. The summed E-state index contributed by atoms with van der Waals surface area (Å²) in [5.74, 6) is 0.723. The van der Waals surface area contributed by atoms with Gasteiger partial charge in [-0.05, 0) is 68.6 Å². The van der Waals surface area contributed by atoms with Gasteiger partial charge in [-0.15, -0.1) is 0 Å². The molecule has 60 heavy (non-hydrogen) atoms. The smallest absolute Gasteiger partial charge is 0.219 e. The number of likely N-dealkylation sites (N-methyl/N-ethyl adjacent to an activating group) is 2. The molecule has 0 saturated carbocycles. The minimum atomic E-state index is -1.05. The first-order valence-electron chi connectivity index (χ1n) is 24.6. The standard InChI is InChI=1S/C50H92N4O6/c1-7-9-11-21-29-43-35-36-44(30-22-17-16-20-26-34-48(56)52-38-28-40-54(5,6)42-50(59)60)46(45(43)31-23-12-10-8-2)32-24-18-14-13-15-19-25-33-47(55)51-37-27-39-53(3,4)41-49(57)58/h24,32,35-36,43-46H,7-23,25-31,33-34,37-42H2,1-6H3,(H2-2,51,52,55,56,57,58,59,60). The zero-order valence-corrected chi connectivity index (χ0v) is 39.6. The number of nitrogens with zero attached hydrogens (tertiary/aromatic N) is 2. The number of nitrogens with one attached hydrogen (secondary N) is 2. The molecule has 10 nitrogen and oxygen atoms in total. The molecule has 4 atom stereocenters. The van der Waals surface area contributed by atoms with E-state index in [1.165, 1.54) is 96.3 Å². The summed E-state index contributed by atoms with van der Waals surface area (Å²) in [5.41, 5.74) is 0. The minimum Gasteiger partial charge on any atom is -0.544 e. The molecule has 0 fully saturated rings. The third kappa shape index (κ3) is 29.5. The third-order valence-corrected chi connectivity index (χ3v) is 12.6. The molecule has 0 aliphatic heterocycles. The van der Waals surface area contributed by atoms with E-state index in [-0.39, 0.29) is 24.9 Å². The number of carbonyl (C=O) groups is 4. The summed E-state index contributed by atoms with van der Waals surface area (Å²) in [6.07, 6.45) is 39.7. The Balaban J connectivity index is 2.58. The van der Waals surface area contributed by atoms with Gasteiger partial charge in [-0.3, -0.25) is 9.59 Å². The summed E-state index contributed by atoms with van der Waals surface area (Å²) in [5, 5.41) is 27.8. The topological polar surface area (TPSA) is 138 Å². The molecule has 1 aliphatic rings. The van der Waals surface area contributed by atoms with Crippen molar-refractivity contribution in [1.29, 1.82) is 0 Å². The molecule has 2 N–H and O–H groups in total. The molecule has 2 amide bonds. The first-order chi connectivity index (χ1) is 28.7. The van der Waals surface area contributed by atoms with Gasteiger partial charge in [-0.2, -0.15) is 0 Å². The second kappa shape index (κ2) is 33.8. The molecular formula is C50H92N4O6. The number of carboxylic acids is 2. The van der Waals surface area contributed by atoms with Crippen LogP contribution in [0, 0.1) is 23.7 Å². The van der Waals surface area contributed by atoms with Gasteiger partial charge in [0, 0.05) is 38.8 Å². The number of rotatable bonds is 39. The number of carbonyl (C=O) groups excluding carboxylic acids is 4. The Morgan fingerprint density at radius 3 is 1.45 bits per heavy atom. The molecule has 0 aromatic carbocycles. The van der Waals surface area contributed by atoms with E-state index in [4.69, 9.17) is 0 Å². The van der Waals surface area contributed by atoms with Crippen LogP contribution in [0.3, 0.4) is 0 Å². The van der Waals surface area contributed by atoms with Crippen LogP contribution in [0.15, 0.2) is 24.3 Å². The minimum absolute atomic E-state index is 0.0182. The van der Waals surface area contributed by atoms with Crippen molar-refractivity contribution in [3.8, 4) is 0 Å². The highest BCUT2D eigenvalue weighted by atomic mass is 16.4. The number of unbranched alkanes of at least 4 members (excludes halogenated alkanes) is 15. The molecule has 348 valence electrons. The van der Waals surface area contributed by atoms with E-state index in [1.54, 1.807) is 0 Å². The summed E-state index contributed by atoms with van der Waals surface area (Å²) < 4.78 is 0.718. The Morgan fingerprint density at radius 2 is 0.950 bits per heavy atom. The maximum absolute atomic E-state index is 12.4. The maximum Gasteiger partial charge on any atom is 0.219 e. The van der Waals surface area contributed by atoms with Crippen LogP contribution in [0.1, 0.15) is 181 Å². The fourth-order valence-corrected chi connectivity index (χ4v) is 9.09. The molecule has 0 aromatic heterocycles. The highest BCUT2D eigenvalue weighted by Gasteiger charge is 2.33. The fraction of sp³-hybridized carbons (Fsp3) is 0.840. The maximum atomic E-state index is 12.4. The number of allylic oxidation sites excluding steroid dienone is 4. The second-order valence-electron chi connectivity index (χ2n) is 19.5. The van der Waals surface area contributed by atoms with E-state index in [2.05, 4.69) is 48.8 Å². The number of aliphatic carboxylic acids is 2. The monoisotopic (exact) mass is 845 g/mol. The molecule has 0 saturated heterocycles. The van der Waals surface area contributed by atoms with Gasteiger partial charge in [-0.1, -0.05) is 134 Å². The first kappa shape index (κ1) is 55.3. The van der Waals surface area contributed by atoms with Crippen molar-refractivity contribution < 1.29 is 38.4 Å². The molecule has 0 spiro atoms. The predicted molar refractivity (Wildman–Crippen MR) is 243 cm³/mol. The van der Waals surface area contributed by atoms with Gasteiger partial charge in [0.2, 0.25) is 11.8 Å². The first-order valence-corrected chi connectivity index (χ1v) is 24.6. The zero-order valence-electron chi connectivity index (χ0n) is 39.6. The average molecular weight is 845 g/mol. The molecule has 10 heteroatoms. The van der Waals surface area contributed by atoms with Crippen LogP contribution in [0.25, 0.3) is 0 Å². The molecule has 0 heterocycles. The van der Waals surface area contributed by atoms with Crippen LogP contribution in [-0.4, -0.2) is 100 Å². The van der Waals surface area contributed by atoms with Gasteiger partial charge < -0.3 is 39.4 Å². The lowest BCUT2D eigenvalue weighted by atomic mass is 9.66. The lowest BCUT2D eigenvalue weighted by molar-refractivity contribution is -0.884. The van der Waals surface area contributed by atoms with Crippen molar-refractivity contribution in [3.63, 3.8) is 0 Å². The van der Waals surface area contributed by atoms with Crippen LogP contribution < -0.4 is 20.8 Å². The number of hydrogen-bond donors (Lipinski definition) is 2. The van der Waals surface area contributed by atoms with Crippen LogP contribution in [-0.2, 0) is 19.2 Å². The van der Waals surface area contributed by atoms with Crippen molar-refractivity contribution in [2.24, 2.45) is 23.7 Å². The van der Waals surface area contributed by atoms with Gasteiger partial charge in [0.15, 0.2) is 0 Å². The largest absolute Gasteiger partial charge is 0.544 e. The second-order valence-corrected chi connectivity index (χ2v) is 19.5. The summed E-state index contributed by atoms with van der Waals surface area (Å²) in [6.45, 7) is 7.10. The molecule has 1 rings (SSSR count). The molecule has 4 unspecified atom stereocenters. The summed E-state index contributed by atoms with van der Waals surface area (Å²) in [4.78, 5) is 46.5. The summed E-state index contributed by atoms with van der Waals surface area (Å²) in [6, 6.07) is 0. The third-order valence-electron chi connectivity index (χ3n) is 12.6. The van der Waals surface area contributed by atoms with Gasteiger partial charge in [0.05, 0.1) is 53.2 Å². The van der Waals surface area contributed by atoms with Crippen LogP contribution in [0.5, 0.6) is 0 Å². The van der Waals surface area contributed by atoms with Crippen molar-refractivity contribution in [3.05, 3.63) is 24.3 Å². The van der Waals surface area contributed by atoms with Crippen LogP contribution in [0.4, 0.5) is 0 Å². The Hall–Kier alpha value is -2.72. The zero-order chi connectivity index (χ0) is 44.5. The van der Waals surface area contributed by atoms with Crippen molar-refractivity contribution in [2.75, 3.05) is 67.5 Å². The highest BCUT2D eigenvalue weighted by molar-refractivity contribution is 5.76. The SMILES string of the molecule is CCCCCCC1C=CC(CCCCCCCC(=O)NCCC[N+](C)(C)CC(=O)[O-])C(C=CCCCCCCCC(=O)NCCC[N+](C)(C)CC(=O)[O-])C1CCCCCC. The summed E-state index contributed by atoms with van der Waals surface area (Å²) in [7, 11) is 7.48. The Kier molecular flexibility index (Phi) is 31.2. The normalized spacial score (nSPS) is 18.2. The lowest BCUT2D eigenvalue weighted by Crippen LogP contribution is -2.49. The number of amides is 2. The van der Waals surface area contributed by atoms with Gasteiger partial charge in [-0.25, -0.2) is 0 Å². The predicted octanol–water partition coefficient (Wildman–Crippen LogP) is 7.64. The van der Waals surface area contributed by atoms with E-state index >= 15 is 0 Å². The van der Waals surface area contributed by atoms with E-state index in [9.17, 15) is 29.4 Å². The quantitative estimate of drug-likeness (QED) is 0.0371. The number of hydrogen-bond acceptors (Lipinski definition) is 6. The van der Waals surface area contributed by atoms with Crippen molar-refractivity contribution in [2.45, 2.75) is 181 Å². The molecular weight excluding hydrogens is 753 g/mol. The number of quaternary nitrogens is 2. The van der Waals surface area contributed by atoms with E-state index in [1.807, 2.05) is 28.2 Å². The van der Waals surface area contributed by atoms with Crippen LogP contribution in [0.2, 0.25) is 0 Å². The molecule has 0 radical (unpaired) electrons. The van der Waals surface area contributed by atoms with E-state index < -0.39 is 11.9 Å². The van der Waals surface area contributed by atoms with E-state index in [0.29, 0.717) is 65.7 Å². The highest BCUT2D eigenvalue weighted by Crippen LogP contribution is 2.43.